The zero-order valence-corrected chi connectivity index (χ0v) is 19.1. The standard InChI is InChI=1S/C27H23NO4S/c1-3-17(2)21-6-4-5-7-22(21)27-26(23-14-11-19(29)16-24(23)33-27)32-20-12-8-18(9-13-20)10-15-25(30)28-31/h4-17,29H,3H2,1-2H3/b15-10+. The van der Waals surface area contributed by atoms with Gasteiger partial charge in [-0.25, -0.2) is 0 Å². The predicted molar refractivity (Wildman–Crippen MR) is 134 cm³/mol. The lowest BCUT2D eigenvalue weighted by Gasteiger charge is -2.15. The van der Waals surface area contributed by atoms with Crippen molar-refractivity contribution in [1.82, 2.24) is 0 Å². The second-order valence-corrected chi connectivity index (χ2v) is 8.82. The molecule has 4 aromatic rings. The number of hydrogen-bond donors (Lipinski definition) is 1. The fourth-order valence-electron chi connectivity index (χ4n) is 3.66. The molecule has 4 rings (SSSR count). The highest BCUT2D eigenvalue weighted by Gasteiger charge is 2.20. The quantitative estimate of drug-likeness (QED) is 0.226. The van der Waals surface area contributed by atoms with Crippen molar-refractivity contribution in [3.63, 3.8) is 0 Å². The molecule has 1 aromatic heterocycles. The number of thiophene rings is 1. The normalized spacial score (nSPS) is 12.2. The highest BCUT2D eigenvalue weighted by molar-refractivity contribution is 7.22. The fourth-order valence-corrected chi connectivity index (χ4v) is 4.87. The molecule has 0 aliphatic rings. The third-order valence-corrected chi connectivity index (χ3v) is 6.75. The molecule has 0 bridgehead atoms. The number of hydrogen-bond acceptors (Lipinski definition) is 5. The number of phenols is 1. The summed E-state index contributed by atoms with van der Waals surface area (Å²) in [5.74, 6) is 1.17. The van der Waals surface area contributed by atoms with E-state index < -0.39 is 5.91 Å². The first-order valence-corrected chi connectivity index (χ1v) is 11.5. The van der Waals surface area contributed by atoms with Gasteiger partial charge < -0.3 is 9.84 Å². The van der Waals surface area contributed by atoms with E-state index in [1.54, 1.807) is 35.6 Å². The molecule has 0 spiro atoms. The zero-order chi connectivity index (χ0) is 23.4. The van der Waals surface area contributed by atoms with E-state index in [1.165, 1.54) is 11.6 Å². The maximum absolute atomic E-state index is 11.1. The molecular weight excluding hydrogens is 434 g/mol. The van der Waals surface area contributed by atoms with Gasteiger partial charge in [-0.2, -0.15) is 0 Å². The first-order chi connectivity index (χ1) is 16.0. The second-order valence-electron chi connectivity index (χ2n) is 7.77. The van der Waals surface area contributed by atoms with Gasteiger partial charge in [0.15, 0.2) is 5.75 Å². The van der Waals surface area contributed by atoms with E-state index in [4.69, 9.17) is 4.74 Å². The van der Waals surface area contributed by atoms with Crippen LogP contribution in [0.2, 0.25) is 0 Å². The Morgan fingerprint density at radius 2 is 1.88 bits per heavy atom. The van der Waals surface area contributed by atoms with Gasteiger partial charge in [-0.05, 0) is 65.4 Å². The first kappa shape index (κ1) is 22.4. The topological polar surface area (TPSA) is 76.0 Å². The summed E-state index contributed by atoms with van der Waals surface area (Å²) in [6.07, 6.45) is 3.69. The summed E-state index contributed by atoms with van der Waals surface area (Å²) >= 11 is 1.60. The van der Waals surface area contributed by atoms with Crippen molar-refractivity contribution in [2.24, 2.45) is 5.18 Å². The number of amides is 1. The highest BCUT2D eigenvalue weighted by atomic mass is 32.1. The molecule has 1 heterocycles. The van der Waals surface area contributed by atoms with Crippen LogP contribution in [0.15, 0.2) is 78.0 Å². The van der Waals surface area contributed by atoms with E-state index >= 15 is 0 Å². The maximum atomic E-state index is 11.1. The lowest BCUT2D eigenvalue weighted by atomic mass is 9.92. The molecule has 1 amide bonds. The van der Waals surface area contributed by atoms with Gasteiger partial charge in [0, 0.05) is 21.3 Å². The molecule has 0 saturated carbocycles. The molecule has 1 unspecified atom stereocenters. The van der Waals surface area contributed by atoms with Gasteiger partial charge in [-0.15, -0.1) is 16.2 Å². The first-order valence-electron chi connectivity index (χ1n) is 10.7. The number of aromatic hydroxyl groups is 1. The Morgan fingerprint density at radius 1 is 1.12 bits per heavy atom. The molecule has 0 saturated heterocycles. The van der Waals surface area contributed by atoms with Crippen LogP contribution in [0, 0.1) is 4.91 Å². The summed E-state index contributed by atoms with van der Waals surface area (Å²) in [7, 11) is 0. The second kappa shape index (κ2) is 9.79. The molecule has 5 nitrogen and oxygen atoms in total. The van der Waals surface area contributed by atoms with Crippen LogP contribution < -0.4 is 4.74 Å². The number of nitrogens with zero attached hydrogens (tertiary/aromatic N) is 1. The van der Waals surface area contributed by atoms with Gasteiger partial charge in [-0.3, -0.25) is 4.79 Å². The van der Waals surface area contributed by atoms with Crippen LogP contribution in [0.1, 0.15) is 37.3 Å². The average molecular weight is 458 g/mol. The maximum Gasteiger partial charge on any atom is 0.309 e. The Morgan fingerprint density at radius 3 is 2.61 bits per heavy atom. The van der Waals surface area contributed by atoms with Crippen LogP contribution >= 0.6 is 11.3 Å². The Hall–Kier alpha value is -3.77. The summed E-state index contributed by atoms with van der Waals surface area (Å²) in [4.78, 5) is 22.3. The lowest BCUT2D eigenvalue weighted by molar-refractivity contribution is -0.113. The third kappa shape index (κ3) is 4.86. The van der Waals surface area contributed by atoms with Crippen LogP contribution in [0.4, 0.5) is 0 Å². The largest absolute Gasteiger partial charge is 0.508 e. The number of nitroso groups, excluding NO2 is 1. The van der Waals surface area contributed by atoms with Crippen LogP contribution in [0.25, 0.3) is 26.6 Å². The SMILES string of the molecule is CCC(C)c1ccccc1-c1sc2cc(O)ccc2c1Oc1ccc(/C=C/C(=O)N=O)cc1. The smallest absolute Gasteiger partial charge is 0.309 e. The summed E-state index contributed by atoms with van der Waals surface area (Å²) in [5.41, 5.74) is 3.14. The molecule has 6 heteroatoms. The van der Waals surface area contributed by atoms with E-state index in [-0.39, 0.29) is 5.75 Å². The van der Waals surface area contributed by atoms with Crippen molar-refractivity contribution in [3.05, 3.63) is 88.8 Å². The average Bonchev–Trinajstić information content (AvgIpc) is 3.19. The van der Waals surface area contributed by atoms with Crippen LogP contribution in [0.5, 0.6) is 17.2 Å². The molecule has 3 aromatic carbocycles. The molecule has 0 aliphatic carbocycles. The number of rotatable bonds is 7. The molecule has 0 fully saturated rings. The minimum atomic E-state index is -0.826. The van der Waals surface area contributed by atoms with E-state index in [0.717, 1.165) is 44.3 Å². The van der Waals surface area contributed by atoms with Gasteiger partial charge in [0.25, 0.3) is 0 Å². The van der Waals surface area contributed by atoms with Crippen LogP contribution in [0.3, 0.4) is 0 Å². The van der Waals surface area contributed by atoms with Crippen molar-refractivity contribution in [3.8, 4) is 27.7 Å². The highest BCUT2D eigenvalue weighted by Crippen LogP contribution is 2.49. The van der Waals surface area contributed by atoms with Gasteiger partial charge >= 0.3 is 5.91 Å². The van der Waals surface area contributed by atoms with Crippen molar-refractivity contribution >= 4 is 33.4 Å². The molecular formula is C27H23NO4S. The van der Waals surface area contributed by atoms with Crippen LogP contribution in [-0.2, 0) is 4.79 Å². The molecule has 166 valence electrons. The van der Waals surface area contributed by atoms with E-state index in [0.29, 0.717) is 11.7 Å². The molecule has 1 N–H and O–H groups in total. The minimum absolute atomic E-state index is 0.215. The van der Waals surface area contributed by atoms with E-state index in [9.17, 15) is 14.8 Å². The Balaban J connectivity index is 1.77. The van der Waals surface area contributed by atoms with Gasteiger partial charge in [0.2, 0.25) is 0 Å². The molecule has 33 heavy (non-hydrogen) atoms. The summed E-state index contributed by atoms with van der Waals surface area (Å²) < 4.78 is 7.34. The summed E-state index contributed by atoms with van der Waals surface area (Å²) in [6.45, 7) is 4.40. The van der Waals surface area contributed by atoms with Crippen molar-refractivity contribution in [2.75, 3.05) is 0 Å². The number of carbonyl (C=O) groups is 1. The van der Waals surface area contributed by atoms with Gasteiger partial charge in [0.1, 0.15) is 11.5 Å². The summed E-state index contributed by atoms with van der Waals surface area (Å²) in [6, 6.07) is 20.9. The lowest BCUT2D eigenvalue weighted by Crippen LogP contribution is -1.95. The molecule has 1 atom stereocenters. The van der Waals surface area contributed by atoms with Crippen LogP contribution in [-0.4, -0.2) is 11.0 Å². The Labute approximate surface area is 195 Å². The third-order valence-electron chi connectivity index (χ3n) is 5.59. The Kier molecular flexibility index (Phi) is 6.66. The fraction of sp³-hybridized carbons (Fsp3) is 0.148. The van der Waals surface area contributed by atoms with Crippen molar-refractivity contribution < 1.29 is 14.6 Å². The number of carbonyl (C=O) groups excluding carboxylic acids is 1. The van der Waals surface area contributed by atoms with Crippen molar-refractivity contribution in [1.29, 1.82) is 0 Å². The van der Waals surface area contributed by atoms with E-state index in [2.05, 4.69) is 37.2 Å². The van der Waals surface area contributed by atoms with Gasteiger partial charge in [-0.1, -0.05) is 50.2 Å². The number of ether oxygens (including phenoxy) is 1. The van der Waals surface area contributed by atoms with E-state index in [1.807, 2.05) is 24.3 Å². The summed E-state index contributed by atoms with van der Waals surface area (Å²) in [5, 5.41) is 13.3. The van der Waals surface area contributed by atoms with Crippen molar-refractivity contribution in [2.45, 2.75) is 26.2 Å². The Bertz CT molecular complexity index is 1340. The number of benzene rings is 3. The minimum Gasteiger partial charge on any atom is -0.508 e. The number of fused-ring (bicyclic) bond motifs is 1. The zero-order valence-electron chi connectivity index (χ0n) is 18.3. The molecule has 0 aliphatic heterocycles. The number of phenolic OH excluding ortho intramolecular Hbond substituents is 1. The van der Waals surface area contributed by atoms with Gasteiger partial charge in [0.05, 0.1) is 4.88 Å². The molecule has 0 radical (unpaired) electrons. The monoisotopic (exact) mass is 457 g/mol. The predicted octanol–water partition coefficient (Wildman–Crippen LogP) is 7.89.